The van der Waals surface area contributed by atoms with Gasteiger partial charge in [0.05, 0.1) is 20.9 Å². The van der Waals surface area contributed by atoms with Crippen molar-refractivity contribution >= 4 is 44.8 Å². The number of nitrogens with one attached hydrogen (secondary N) is 1. The molecule has 3 aromatic rings. The van der Waals surface area contributed by atoms with Crippen LogP contribution in [0.15, 0.2) is 59.7 Å². The number of fused-ring (bicyclic) bond motifs is 1. The Hall–Kier alpha value is -3.26. The normalized spacial score (nSPS) is 16.1. The van der Waals surface area contributed by atoms with E-state index < -0.39 is 11.9 Å². The predicted molar refractivity (Wildman–Crippen MR) is 115 cm³/mol. The number of aryl methyl sites for hydroxylation is 1. The molecule has 0 bridgehead atoms. The number of thiazole rings is 1. The molecule has 1 unspecified atom stereocenters. The zero-order valence-electron chi connectivity index (χ0n) is 15.7. The lowest BCUT2D eigenvalue weighted by molar-refractivity contribution is -0.119. The maximum absolute atomic E-state index is 12.5. The molecule has 7 nitrogen and oxygen atoms in total. The number of para-hydroxylation sites is 2. The quantitative estimate of drug-likeness (QED) is 0.588. The van der Waals surface area contributed by atoms with Crippen molar-refractivity contribution in [3.63, 3.8) is 0 Å². The van der Waals surface area contributed by atoms with Gasteiger partial charge in [0.15, 0.2) is 0 Å². The number of amides is 2. The fourth-order valence-corrected chi connectivity index (χ4v) is 4.27. The summed E-state index contributed by atoms with van der Waals surface area (Å²) in [5.74, 6) is -0.768. The molecular weight excluding hydrogens is 386 g/mol. The van der Waals surface area contributed by atoms with Gasteiger partial charge in [-0.25, -0.2) is 4.98 Å². The third kappa shape index (κ3) is 4.27. The molecule has 2 aromatic carbocycles. The van der Waals surface area contributed by atoms with Gasteiger partial charge in [0.25, 0.3) is 5.91 Å². The van der Waals surface area contributed by atoms with Crippen LogP contribution in [0.3, 0.4) is 0 Å². The Balaban J connectivity index is 1.33. The van der Waals surface area contributed by atoms with Crippen LogP contribution >= 0.6 is 11.3 Å². The SMILES string of the molecule is NC(=O)C1CC(C(=O)NCCCc2nc3ccccc3s2)=NN1c1ccccc1. The highest BCUT2D eigenvalue weighted by Gasteiger charge is 2.34. The van der Waals surface area contributed by atoms with Crippen molar-refractivity contribution in [2.24, 2.45) is 10.8 Å². The number of hydrogen-bond donors (Lipinski definition) is 2. The number of carbonyl (C=O) groups is 2. The molecule has 0 aliphatic carbocycles. The molecule has 0 saturated carbocycles. The van der Waals surface area contributed by atoms with Gasteiger partial charge >= 0.3 is 0 Å². The van der Waals surface area contributed by atoms with Gasteiger partial charge in [-0.1, -0.05) is 30.3 Å². The van der Waals surface area contributed by atoms with Crippen LogP contribution in [0.4, 0.5) is 5.69 Å². The molecule has 4 rings (SSSR count). The van der Waals surface area contributed by atoms with Crippen molar-refractivity contribution in [1.82, 2.24) is 10.3 Å². The van der Waals surface area contributed by atoms with Crippen LogP contribution < -0.4 is 16.1 Å². The third-order valence-corrected chi connectivity index (χ3v) is 5.81. The van der Waals surface area contributed by atoms with Crippen molar-refractivity contribution in [2.45, 2.75) is 25.3 Å². The van der Waals surface area contributed by atoms with E-state index in [4.69, 9.17) is 5.73 Å². The summed E-state index contributed by atoms with van der Waals surface area (Å²) >= 11 is 1.68. The smallest absolute Gasteiger partial charge is 0.267 e. The summed E-state index contributed by atoms with van der Waals surface area (Å²) in [7, 11) is 0. The Morgan fingerprint density at radius 1 is 1.14 bits per heavy atom. The first-order valence-electron chi connectivity index (χ1n) is 9.45. The zero-order valence-corrected chi connectivity index (χ0v) is 16.6. The number of carbonyl (C=O) groups excluding carboxylic acids is 2. The molecule has 3 N–H and O–H groups in total. The number of rotatable bonds is 7. The summed E-state index contributed by atoms with van der Waals surface area (Å²) in [6.07, 6.45) is 1.78. The molecule has 148 valence electrons. The highest BCUT2D eigenvalue weighted by molar-refractivity contribution is 7.18. The summed E-state index contributed by atoms with van der Waals surface area (Å²) in [5.41, 5.74) is 7.57. The van der Waals surface area contributed by atoms with Gasteiger partial charge in [0.2, 0.25) is 5.91 Å². The lowest BCUT2D eigenvalue weighted by atomic mass is 10.1. The molecule has 8 heteroatoms. The molecule has 0 spiro atoms. The van der Waals surface area contributed by atoms with Gasteiger partial charge in [-0.3, -0.25) is 14.6 Å². The maximum atomic E-state index is 12.5. The van der Waals surface area contributed by atoms with E-state index in [0.717, 1.165) is 29.1 Å². The Kier molecular flexibility index (Phi) is 5.53. The number of nitrogens with two attached hydrogens (primary N) is 1. The zero-order chi connectivity index (χ0) is 20.2. The van der Waals surface area contributed by atoms with Crippen LogP contribution in [0, 0.1) is 0 Å². The number of hydrogen-bond acceptors (Lipinski definition) is 6. The molecule has 0 saturated heterocycles. The minimum absolute atomic E-state index is 0.202. The first kappa shape index (κ1) is 19.1. The highest BCUT2D eigenvalue weighted by atomic mass is 32.1. The summed E-state index contributed by atoms with van der Waals surface area (Å²) in [5, 5.41) is 9.83. The predicted octanol–water partition coefficient (Wildman–Crippen LogP) is 2.47. The molecule has 1 aliphatic heterocycles. The Labute approximate surface area is 172 Å². The fraction of sp³-hybridized carbons (Fsp3) is 0.238. The van der Waals surface area contributed by atoms with Crippen LogP contribution in [0.25, 0.3) is 10.2 Å². The first-order valence-corrected chi connectivity index (χ1v) is 10.3. The van der Waals surface area contributed by atoms with Gasteiger partial charge in [-0.2, -0.15) is 5.10 Å². The first-order chi connectivity index (χ1) is 14.1. The number of hydrazone groups is 1. The molecule has 2 amide bonds. The minimum Gasteiger partial charge on any atom is -0.368 e. The van der Waals surface area contributed by atoms with E-state index in [1.165, 1.54) is 9.71 Å². The molecule has 1 atom stereocenters. The van der Waals surface area contributed by atoms with E-state index in [-0.39, 0.29) is 12.3 Å². The Morgan fingerprint density at radius 2 is 1.90 bits per heavy atom. The van der Waals surface area contributed by atoms with E-state index >= 15 is 0 Å². The van der Waals surface area contributed by atoms with Crippen LogP contribution in [0.1, 0.15) is 17.8 Å². The van der Waals surface area contributed by atoms with Crippen LogP contribution in [-0.4, -0.2) is 35.1 Å². The van der Waals surface area contributed by atoms with Crippen molar-refractivity contribution in [2.75, 3.05) is 11.6 Å². The monoisotopic (exact) mass is 407 g/mol. The van der Waals surface area contributed by atoms with Crippen molar-refractivity contribution in [3.8, 4) is 0 Å². The van der Waals surface area contributed by atoms with E-state index in [1.54, 1.807) is 11.3 Å². The molecule has 29 heavy (non-hydrogen) atoms. The van der Waals surface area contributed by atoms with Crippen LogP contribution in [-0.2, 0) is 16.0 Å². The second kappa shape index (κ2) is 8.40. The highest BCUT2D eigenvalue weighted by Crippen LogP contribution is 2.24. The molecule has 1 aliphatic rings. The fourth-order valence-electron chi connectivity index (χ4n) is 3.26. The molecule has 0 fully saturated rings. The molecule has 1 aromatic heterocycles. The number of aromatic nitrogens is 1. The summed E-state index contributed by atoms with van der Waals surface area (Å²) in [6, 6.07) is 16.6. The molecule has 0 radical (unpaired) electrons. The average Bonchev–Trinajstić information content (AvgIpc) is 3.36. The topological polar surface area (TPSA) is 101 Å². The van der Waals surface area contributed by atoms with Gasteiger partial charge in [0.1, 0.15) is 11.8 Å². The number of nitrogens with zero attached hydrogens (tertiary/aromatic N) is 3. The average molecular weight is 407 g/mol. The largest absolute Gasteiger partial charge is 0.368 e. The lowest BCUT2D eigenvalue weighted by Gasteiger charge is -2.20. The van der Waals surface area contributed by atoms with Gasteiger partial charge in [-0.15, -0.1) is 11.3 Å². The lowest BCUT2D eigenvalue weighted by Crippen LogP contribution is -2.40. The van der Waals surface area contributed by atoms with Gasteiger partial charge in [0, 0.05) is 19.4 Å². The van der Waals surface area contributed by atoms with E-state index in [1.807, 2.05) is 48.5 Å². The Bertz CT molecular complexity index is 1030. The minimum atomic E-state index is -0.652. The third-order valence-electron chi connectivity index (χ3n) is 4.71. The maximum Gasteiger partial charge on any atom is 0.267 e. The molecule has 2 heterocycles. The van der Waals surface area contributed by atoms with Crippen molar-refractivity contribution < 1.29 is 9.59 Å². The number of benzene rings is 2. The van der Waals surface area contributed by atoms with E-state index in [9.17, 15) is 9.59 Å². The second-order valence-corrected chi connectivity index (χ2v) is 7.90. The van der Waals surface area contributed by atoms with E-state index in [2.05, 4.69) is 21.5 Å². The summed E-state index contributed by atoms with van der Waals surface area (Å²) in [4.78, 5) is 28.9. The van der Waals surface area contributed by atoms with Crippen molar-refractivity contribution in [3.05, 3.63) is 59.6 Å². The van der Waals surface area contributed by atoms with Crippen molar-refractivity contribution in [1.29, 1.82) is 0 Å². The van der Waals surface area contributed by atoms with Gasteiger partial charge in [-0.05, 0) is 30.7 Å². The molecular formula is C21H21N5O2S. The standard InChI is InChI=1S/C21H21N5O2S/c22-20(27)17-13-16(25-26(17)14-7-2-1-3-8-14)21(28)23-12-6-11-19-24-15-9-4-5-10-18(15)29-19/h1-5,7-10,17H,6,11-13H2,(H2,22,27)(H,23,28). The Morgan fingerprint density at radius 3 is 2.66 bits per heavy atom. The van der Waals surface area contributed by atoms with Crippen LogP contribution in [0.2, 0.25) is 0 Å². The number of primary amides is 1. The summed E-state index contributed by atoms with van der Waals surface area (Å²) in [6.45, 7) is 0.514. The number of anilines is 1. The van der Waals surface area contributed by atoms with E-state index in [0.29, 0.717) is 12.3 Å². The van der Waals surface area contributed by atoms with Crippen LogP contribution in [0.5, 0.6) is 0 Å². The summed E-state index contributed by atoms with van der Waals surface area (Å²) < 4.78 is 1.17. The second-order valence-electron chi connectivity index (χ2n) is 6.78. The van der Waals surface area contributed by atoms with Gasteiger partial charge < -0.3 is 11.1 Å².